The quantitative estimate of drug-likeness (QED) is 0.765. The summed E-state index contributed by atoms with van der Waals surface area (Å²) in [6, 6.07) is 0. The Balaban J connectivity index is 3.08. The molecule has 1 aromatic heterocycles. The van der Waals surface area contributed by atoms with Crippen molar-refractivity contribution in [2.24, 2.45) is 5.14 Å². The minimum Gasteiger partial charge on any atom is -0.334 e. The maximum atomic E-state index is 11.0. The highest BCUT2D eigenvalue weighted by molar-refractivity contribution is 7.89. The van der Waals surface area contributed by atoms with Crippen molar-refractivity contribution in [3.8, 4) is 0 Å². The van der Waals surface area contributed by atoms with Gasteiger partial charge < -0.3 is 4.57 Å². The van der Waals surface area contributed by atoms with E-state index in [0.717, 1.165) is 0 Å². The predicted molar refractivity (Wildman–Crippen MR) is 49.4 cm³/mol. The zero-order chi connectivity index (χ0) is 10.1. The number of primary sulfonamides is 1. The van der Waals surface area contributed by atoms with E-state index >= 15 is 0 Å². The molecule has 5 nitrogen and oxygen atoms in total. The van der Waals surface area contributed by atoms with Crippen LogP contribution in [0.2, 0.25) is 0 Å². The highest BCUT2D eigenvalue weighted by Crippen LogP contribution is 2.16. The zero-order valence-corrected chi connectivity index (χ0v) is 8.45. The van der Waals surface area contributed by atoms with Gasteiger partial charge in [-0.1, -0.05) is 0 Å². The Kier molecular flexibility index (Phi) is 2.72. The zero-order valence-electron chi connectivity index (χ0n) is 7.64. The van der Waals surface area contributed by atoms with Gasteiger partial charge in [-0.3, -0.25) is 0 Å². The Morgan fingerprint density at radius 1 is 1.69 bits per heavy atom. The standard InChI is InChI=1S/C7H13N3O2S/c1-3-10-5-4-9-7(10)6(2)13(8,11)12/h4-6H,3H2,1-2H3,(H2,8,11,12)/t6-/m0/s1. The summed E-state index contributed by atoms with van der Waals surface area (Å²) in [6.07, 6.45) is 3.30. The largest absolute Gasteiger partial charge is 0.334 e. The van der Waals surface area contributed by atoms with E-state index in [1.165, 1.54) is 6.92 Å². The Bertz CT molecular complexity index is 382. The molecule has 1 rings (SSSR count). The van der Waals surface area contributed by atoms with Crippen LogP contribution in [-0.2, 0) is 16.6 Å². The fraction of sp³-hybridized carbons (Fsp3) is 0.571. The molecule has 0 aromatic carbocycles. The average Bonchev–Trinajstić information content (AvgIpc) is 2.48. The van der Waals surface area contributed by atoms with Gasteiger partial charge in [0.2, 0.25) is 10.0 Å². The predicted octanol–water partition coefficient (Wildman–Crippen LogP) is 0.253. The highest BCUT2D eigenvalue weighted by Gasteiger charge is 2.21. The molecule has 1 heterocycles. The van der Waals surface area contributed by atoms with Crippen molar-refractivity contribution in [3.63, 3.8) is 0 Å². The van der Waals surface area contributed by atoms with Crippen molar-refractivity contribution >= 4 is 10.0 Å². The van der Waals surface area contributed by atoms with Crippen molar-refractivity contribution in [1.82, 2.24) is 9.55 Å². The summed E-state index contributed by atoms with van der Waals surface area (Å²) >= 11 is 0. The molecular weight excluding hydrogens is 190 g/mol. The fourth-order valence-electron chi connectivity index (χ4n) is 1.09. The van der Waals surface area contributed by atoms with Crippen LogP contribution in [0, 0.1) is 0 Å². The molecule has 0 unspecified atom stereocenters. The fourth-order valence-corrected chi connectivity index (χ4v) is 1.58. The molecule has 0 saturated carbocycles. The second-order valence-electron chi connectivity index (χ2n) is 2.80. The van der Waals surface area contributed by atoms with Gasteiger partial charge in [0.25, 0.3) is 0 Å². The van der Waals surface area contributed by atoms with E-state index in [4.69, 9.17) is 5.14 Å². The Labute approximate surface area is 77.6 Å². The topological polar surface area (TPSA) is 78.0 Å². The lowest BCUT2D eigenvalue weighted by molar-refractivity contribution is 0.578. The van der Waals surface area contributed by atoms with Crippen molar-refractivity contribution in [2.75, 3.05) is 0 Å². The molecule has 0 aliphatic rings. The van der Waals surface area contributed by atoms with Gasteiger partial charge in [-0.05, 0) is 13.8 Å². The van der Waals surface area contributed by atoms with Gasteiger partial charge in [0, 0.05) is 18.9 Å². The number of imidazole rings is 1. The maximum absolute atomic E-state index is 11.0. The molecule has 74 valence electrons. The molecule has 6 heteroatoms. The number of aryl methyl sites for hydroxylation is 1. The van der Waals surface area contributed by atoms with E-state index in [1.54, 1.807) is 17.0 Å². The molecule has 2 N–H and O–H groups in total. The molecule has 0 amide bonds. The van der Waals surface area contributed by atoms with Crippen LogP contribution in [0.4, 0.5) is 0 Å². The minimum atomic E-state index is -3.54. The molecule has 13 heavy (non-hydrogen) atoms. The lowest BCUT2D eigenvalue weighted by atomic mass is 10.4. The van der Waals surface area contributed by atoms with Gasteiger partial charge in [-0.2, -0.15) is 0 Å². The molecule has 0 radical (unpaired) electrons. The van der Waals surface area contributed by atoms with Gasteiger partial charge in [-0.15, -0.1) is 0 Å². The molecule has 0 aliphatic heterocycles. The summed E-state index contributed by atoms with van der Waals surface area (Å²) in [5, 5.41) is 4.26. The van der Waals surface area contributed by atoms with Gasteiger partial charge in [0.15, 0.2) is 0 Å². The second-order valence-corrected chi connectivity index (χ2v) is 4.69. The molecule has 0 saturated heterocycles. The molecule has 0 bridgehead atoms. The SMILES string of the molecule is CCn1ccnc1[C@H](C)S(N)(=O)=O. The molecule has 0 aliphatic carbocycles. The molecule has 1 atom stereocenters. The third-order valence-corrected chi connectivity index (χ3v) is 3.14. The van der Waals surface area contributed by atoms with Crippen LogP contribution in [0.25, 0.3) is 0 Å². The Morgan fingerprint density at radius 3 is 2.77 bits per heavy atom. The van der Waals surface area contributed by atoms with Crippen molar-refractivity contribution in [3.05, 3.63) is 18.2 Å². The van der Waals surface area contributed by atoms with Gasteiger partial charge in [-0.25, -0.2) is 18.5 Å². The lowest BCUT2D eigenvalue weighted by Crippen LogP contribution is -2.22. The molecule has 0 spiro atoms. The van der Waals surface area contributed by atoms with Crippen LogP contribution in [0.3, 0.4) is 0 Å². The summed E-state index contributed by atoms with van der Waals surface area (Å²) in [6.45, 7) is 4.14. The lowest BCUT2D eigenvalue weighted by Gasteiger charge is -2.10. The van der Waals surface area contributed by atoms with Crippen LogP contribution in [0.5, 0.6) is 0 Å². The van der Waals surface area contributed by atoms with E-state index in [9.17, 15) is 8.42 Å². The van der Waals surface area contributed by atoms with Gasteiger partial charge in [0.1, 0.15) is 11.1 Å². The number of hydrogen-bond acceptors (Lipinski definition) is 3. The molecule has 0 fully saturated rings. The minimum absolute atomic E-state index is 0.491. The van der Waals surface area contributed by atoms with Crippen LogP contribution in [0.1, 0.15) is 24.9 Å². The molecule has 1 aromatic rings. The van der Waals surface area contributed by atoms with Crippen LogP contribution >= 0.6 is 0 Å². The summed E-state index contributed by atoms with van der Waals surface area (Å²) < 4.78 is 23.8. The van der Waals surface area contributed by atoms with Gasteiger partial charge >= 0.3 is 0 Å². The van der Waals surface area contributed by atoms with Crippen molar-refractivity contribution in [2.45, 2.75) is 25.6 Å². The highest BCUT2D eigenvalue weighted by atomic mass is 32.2. The Morgan fingerprint density at radius 2 is 2.31 bits per heavy atom. The number of sulfonamides is 1. The van der Waals surface area contributed by atoms with Gasteiger partial charge in [0.05, 0.1) is 0 Å². The van der Waals surface area contributed by atoms with Crippen LogP contribution in [-0.4, -0.2) is 18.0 Å². The summed E-state index contributed by atoms with van der Waals surface area (Å²) in [7, 11) is -3.54. The Hall–Kier alpha value is -0.880. The monoisotopic (exact) mass is 203 g/mol. The number of rotatable bonds is 3. The number of nitrogens with zero attached hydrogens (tertiary/aromatic N) is 2. The first kappa shape index (κ1) is 10.2. The smallest absolute Gasteiger partial charge is 0.218 e. The second kappa shape index (κ2) is 3.47. The number of hydrogen-bond donors (Lipinski definition) is 1. The maximum Gasteiger partial charge on any atom is 0.218 e. The van der Waals surface area contributed by atoms with E-state index < -0.39 is 15.3 Å². The summed E-state index contributed by atoms with van der Waals surface area (Å²) in [5.41, 5.74) is 0. The first-order valence-corrected chi connectivity index (χ1v) is 5.60. The van der Waals surface area contributed by atoms with E-state index in [2.05, 4.69) is 4.98 Å². The van der Waals surface area contributed by atoms with E-state index in [0.29, 0.717) is 12.4 Å². The third-order valence-electron chi connectivity index (χ3n) is 1.94. The average molecular weight is 203 g/mol. The number of nitrogens with two attached hydrogens (primary N) is 1. The first-order chi connectivity index (χ1) is 5.96. The third kappa shape index (κ3) is 2.07. The number of aromatic nitrogens is 2. The summed E-state index contributed by atoms with van der Waals surface area (Å²) in [4.78, 5) is 3.96. The summed E-state index contributed by atoms with van der Waals surface area (Å²) in [5.74, 6) is 0.491. The van der Waals surface area contributed by atoms with Crippen molar-refractivity contribution in [1.29, 1.82) is 0 Å². The normalized spacial score (nSPS) is 14.4. The van der Waals surface area contributed by atoms with Crippen molar-refractivity contribution < 1.29 is 8.42 Å². The molecular formula is C7H13N3O2S. The van der Waals surface area contributed by atoms with Crippen LogP contribution < -0.4 is 5.14 Å². The first-order valence-electron chi connectivity index (χ1n) is 3.99. The van der Waals surface area contributed by atoms with Crippen LogP contribution in [0.15, 0.2) is 12.4 Å². The van der Waals surface area contributed by atoms with E-state index in [1.807, 2.05) is 6.92 Å². The van der Waals surface area contributed by atoms with E-state index in [-0.39, 0.29) is 0 Å².